The van der Waals surface area contributed by atoms with Crippen LogP contribution in [0.1, 0.15) is 18.2 Å². The van der Waals surface area contributed by atoms with E-state index in [4.69, 9.17) is 16.8 Å². The Morgan fingerprint density at radius 2 is 2.50 bits per heavy atom. The van der Waals surface area contributed by atoms with Gasteiger partial charge < -0.3 is 5.21 Å². The van der Waals surface area contributed by atoms with Gasteiger partial charge in [-0.2, -0.15) is 5.10 Å². The summed E-state index contributed by atoms with van der Waals surface area (Å²) in [6.45, 7) is 1.97. The predicted molar refractivity (Wildman–Crippen MR) is 46.8 cm³/mol. The number of aromatic nitrogens is 2. The Labute approximate surface area is 75.4 Å². The van der Waals surface area contributed by atoms with Crippen molar-refractivity contribution in [2.24, 2.45) is 12.2 Å². The maximum absolute atomic E-state index is 8.44. The van der Waals surface area contributed by atoms with Gasteiger partial charge in [0.15, 0.2) is 5.17 Å². The van der Waals surface area contributed by atoms with Crippen molar-refractivity contribution in [1.82, 2.24) is 9.78 Å². The maximum Gasteiger partial charge on any atom is 0.178 e. The van der Waals surface area contributed by atoms with E-state index in [0.717, 1.165) is 12.1 Å². The Hall–Kier alpha value is -1.03. The number of aryl methyl sites for hydroxylation is 2. The summed E-state index contributed by atoms with van der Waals surface area (Å²) in [5.41, 5.74) is 1.52. The fourth-order valence-corrected chi connectivity index (χ4v) is 1.18. The zero-order chi connectivity index (χ0) is 9.14. The van der Waals surface area contributed by atoms with Gasteiger partial charge in [0.2, 0.25) is 0 Å². The fraction of sp³-hybridized carbons (Fsp3) is 0.429. The van der Waals surface area contributed by atoms with E-state index in [-0.39, 0.29) is 5.17 Å². The first-order valence-electron chi connectivity index (χ1n) is 3.59. The second-order valence-corrected chi connectivity index (χ2v) is 2.77. The molecule has 1 rings (SSSR count). The first kappa shape index (κ1) is 9.06. The van der Waals surface area contributed by atoms with E-state index in [1.165, 1.54) is 0 Å². The van der Waals surface area contributed by atoms with Crippen LogP contribution in [-0.4, -0.2) is 20.2 Å². The number of halogens is 1. The highest BCUT2D eigenvalue weighted by Gasteiger charge is 2.10. The van der Waals surface area contributed by atoms with Gasteiger partial charge in [0.25, 0.3) is 0 Å². The molecule has 1 heterocycles. The predicted octanol–water partition coefficient (Wildman–Crippen LogP) is 1.36. The van der Waals surface area contributed by atoms with Crippen LogP contribution in [0.5, 0.6) is 0 Å². The quantitative estimate of drug-likeness (QED) is 0.432. The fourth-order valence-electron chi connectivity index (χ4n) is 1.02. The molecule has 0 amide bonds. The van der Waals surface area contributed by atoms with Crippen LogP contribution in [0, 0.1) is 0 Å². The molecule has 0 aliphatic rings. The molecular weight excluding hydrogens is 178 g/mol. The molecule has 0 saturated carbocycles. The molecule has 4 nitrogen and oxygen atoms in total. The summed E-state index contributed by atoms with van der Waals surface area (Å²) in [5.74, 6) is 0. The van der Waals surface area contributed by atoms with Crippen molar-refractivity contribution in [3.63, 3.8) is 0 Å². The molecule has 1 aromatic heterocycles. The van der Waals surface area contributed by atoms with Crippen molar-refractivity contribution in [3.8, 4) is 0 Å². The minimum absolute atomic E-state index is 0.0833. The highest BCUT2D eigenvalue weighted by molar-refractivity contribution is 6.69. The molecule has 1 N–H and O–H groups in total. The van der Waals surface area contributed by atoms with E-state index in [0.29, 0.717) is 5.56 Å². The van der Waals surface area contributed by atoms with Crippen molar-refractivity contribution in [2.75, 3.05) is 0 Å². The lowest BCUT2D eigenvalue weighted by molar-refractivity contribution is 0.321. The summed E-state index contributed by atoms with van der Waals surface area (Å²) in [5, 5.41) is 15.6. The number of hydrogen-bond acceptors (Lipinski definition) is 3. The molecule has 1 aromatic rings. The van der Waals surface area contributed by atoms with Crippen molar-refractivity contribution >= 4 is 16.8 Å². The molecule has 0 bridgehead atoms. The minimum atomic E-state index is 0.0833. The Bertz CT molecular complexity index is 306. The van der Waals surface area contributed by atoms with Crippen molar-refractivity contribution in [2.45, 2.75) is 13.3 Å². The molecule has 0 radical (unpaired) electrons. The van der Waals surface area contributed by atoms with Crippen LogP contribution >= 0.6 is 11.6 Å². The molecule has 0 unspecified atom stereocenters. The molecule has 0 atom stereocenters. The summed E-state index contributed by atoms with van der Waals surface area (Å²) in [6.07, 6.45) is 2.49. The second kappa shape index (κ2) is 3.58. The summed E-state index contributed by atoms with van der Waals surface area (Å²) >= 11 is 5.63. The number of nitrogens with zero attached hydrogens (tertiary/aromatic N) is 3. The second-order valence-electron chi connectivity index (χ2n) is 2.41. The maximum atomic E-state index is 8.44. The third-order valence-electron chi connectivity index (χ3n) is 1.55. The Morgan fingerprint density at radius 3 is 3.00 bits per heavy atom. The topological polar surface area (TPSA) is 50.4 Å². The average Bonchev–Trinajstić information content (AvgIpc) is 2.45. The van der Waals surface area contributed by atoms with Gasteiger partial charge in [0.05, 0.1) is 11.3 Å². The number of hydrogen-bond donors (Lipinski definition) is 1. The molecule has 0 aromatic carbocycles. The van der Waals surface area contributed by atoms with Gasteiger partial charge in [-0.25, -0.2) is 0 Å². The highest BCUT2D eigenvalue weighted by atomic mass is 35.5. The van der Waals surface area contributed by atoms with Gasteiger partial charge in [-0.05, 0) is 6.42 Å². The Morgan fingerprint density at radius 1 is 1.83 bits per heavy atom. The smallest absolute Gasteiger partial charge is 0.178 e. The monoisotopic (exact) mass is 187 g/mol. The molecule has 0 aliphatic heterocycles. The number of rotatable bonds is 2. The SMILES string of the molecule is CCc1nn(C)cc1/C(Cl)=N/O. The van der Waals surface area contributed by atoms with Crippen molar-refractivity contribution < 1.29 is 5.21 Å². The molecule has 5 heteroatoms. The lowest BCUT2D eigenvalue weighted by Gasteiger charge is -1.92. The third kappa shape index (κ3) is 1.58. The van der Waals surface area contributed by atoms with Crippen molar-refractivity contribution in [1.29, 1.82) is 0 Å². The number of oxime groups is 1. The van der Waals surface area contributed by atoms with Gasteiger partial charge in [0.1, 0.15) is 0 Å². The van der Waals surface area contributed by atoms with Crippen LogP contribution in [0.3, 0.4) is 0 Å². The summed E-state index contributed by atoms with van der Waals surface area (Å²) in [4.78, 5) is 0. The van der Waals surface area contributed by atoms with Gasteiger partial charge in [-0.1, -0.05) is 23.7 Å². The normalized spacial score (nSPS) is 12.1. The van der Waals surface area contributed by atoms with Gasteiger partial charge in [-0.3, -0.25) is 4.68 Å². The highest BCUT2D eigenvalue weighted by Crippen LogP contribution is 2.10. The van der Waals surface area contributed by atoms with Crippen LogP contribution in [0.25, 0.3) is 0 Å². The van der Waals surface area contributed by atoms with Crippen LogP contribution in [0.15, 0.2) is 11.4 Å². The van der Waals surface area contributed by atoms with Gasteiger partial charge >= 0.3 is 0 Å². The molecular formula is C7H10ClN3O. The Balaban J connectivity index is 3.13. The zero-order valence-corrected chi connectivity index (χ0v) is 7.71. The third-order valence-corrected chi connectivity index (χ3v) is 1.83. The zero-order valence-electron chi connectivity index (χ0n) is 6.95. The van der Waals surface area contributed by atoms with E-state index in [1.807, 2.05) is 6.92 Å². The van der Waals surface area contributed by atoms with Crippen LogP contribution in [-0.2, 0) is 13.5 Å². The van der Waals surface area contributed by atoms with E-state index in [9.17, 15) is 0 Å². The summed E-state index contributed by atoms with van der Waals surface area (Å²) in [6, 6.07) is 0. The minimum Gasteiger partial charge on any atom is -0.410 e. The van der Waals surface area contributed by atoms with E-state index >= 15 is 0 Å². The molecule has 0 saturated heterocycles. The lowest BCUT2D eigenvalue weighted by Crippen LogP contribution is -1.94. The first-order valence-corrected chi connectivity index (χ1v) is 3.97. The van der Waals surface area contributed by atoms with Crippen molar-refractivity contribution in [3.05, 3.63) is 17.5 Å². The Kier molecular flexibility index (Phi) is 2.70. The first-order chi connectivity index (χ1) is 5.69. The van der Waals surface area contributed by atoms with E-state index in [1.54, 1.807) is 17.9 Å². The van der Waals surface area contributed by atoms with Gasteiger partial charge in [0, 0.05) is 13.2 Å². The lowest BCUT2D eigenvalue weighted by atomic mass is 10.2. The standard InChI is InChI=1S/C7H10ClN3O/c1-3-6-5(7(8)10-12)4-11(2)9-6/h4,12H,3H2,1-2H3/b10-7-. The summed E-state index contributed by atoms with van der Waals surface area (Å²) in [7, 11) is 1.80. The van der Waals surface area contributed by atoms with E-state index < -0.39 is 0 Å². The van der Waals surface area contributed by atoms with Crippen LogP contribution in [0.4, 0.5) is 0 Å². The van der Waals surface area contributed by atoms with Crippen LogP contribution < -0.4 is 0 Å². The van der Waals surface area contributed by atoms with E-state index in [2.05, 4.69) is 10.3 Å². The largest absolute Gasteiger partial charge is 0.410 e. The molecule has 0 aliphatic carbocycles. The summed E-state index contributed by atoms with van der Waals surface area (Å²) < 4.78 is 1.64. The molecule has 66 valence electrons. The van der Waals surface area contributed by atoms with Crippen LogP contribution in [0.2, 0.25) is 0 Å². The molecule has 0 fully saturated rings. The molecule has 0 spiro atoms. The average molecular weight is 188 g/mol. The van der Waals surface area contributed by atoms with Gasteiger partial charge in [-0.15, -0.1) is 0 Å². The molecule has 12 heavy (non-hydrogen) atoms.